The van der Waals surface area contributed by atoms with Crippen LogP contribution in [0.15, 0.2) is 228 Å². The highest BCUT2D eigenvalue weighted by atomic mass is 28.3. The third-order valence-corrected chi connectivity index (χ3v) is 32.4. The molecule has 2 aliphatic carbocycles. The van der Waals surface area contributed by atoms with Gasteiger partial charge in [0.25, 0.3) is 0 Å². The second-order valence-corrected chi connectivity index (χ2v) is 31.9. The van der Waals surface area contributed by atoms with Crippen molar-refractivity contribution in [3.05, 3.63) is 228 Å². The van der Waals surface area contributed by atoms with Gasteiger partial charge in [-0.2, -0.15) is 0 Å². The molecule has 63 heavy (non-hydrogen) atoms. The Morgan fingerprint density at radius 3 is 0.762 bits per heavy atom. The van der Waals surface area contributed by atoms with Crippen LogP contribution in [0.2, 0.25) is 22.2 Å². The van der Waals surface area contributed by atoms with Crippen LogP contribution >= 0.6 is 0 Å². The molecule has 0 spiro atoms. The largest absolute Gasteiger partial charge is 0.179 e. The molecule has 0 saturated carbocycles. The van der Waals surface area contributed by atoms with Crippen LogP contribution < -0.4 is 31.1 Å². The predicted octanol–water partition coefficient (Wildman–Crippen LogP) is 12.2. The van der Waals surface area contributed by atoms with Crippen LogP contribution in [-0.2, 0) is 0 Å². The van der Waals surface area contributed by atoms with E-state index >= 15 is 0 Å². The Kier molecular flexibility index (Phi) is 13.4. The van der Waals surface area contributed by atoms with Crippen LogP contribution in [-0.4, -0.2) is 24.2 Å². The first-order valence-corrected chi connectivity index (χ1v) is 30.2. The van der Waals surface area contributed by atoms with Crippen molar-refractivity contribution in [3.8, 4) is 0 Å². The third kappa shape index (κ3) is 7.54. The summed E-state index contributed by atoms with van der Waals surface area (Å²) in [5.41, 5.74) is 5.29. The first kappa shape index (κ1) is 44.5. The molecule has 0 heterocycles. The lowest BCUT2D eigenvalue weighted by atomic mass is 10.0. The summed E-state index contributed by atoms with van der Waals surface area (Å²) in [6.07, 6.45) is 13.8. The van der Waals surface area contributed by atoms with E-state index in [1.54, 1.807) is 21.5 Å². The second kappa shape index (κ2) is 19.0. The molecule has 2 aliphatic rings. The minimum Gasteiger partial charge on any atom is -0.0796 e. The molecule has 0 aliphatic heterocycles. The summed E-state index contributed by atoms with van der Waals surface area (Å²) in [6.45, 7) is 20.3. The fourth-order valence-electron chi connectivity index (χ4n) is 12.3. The molecule has 8 rings (SSSR count). The van der Waals surface area contributed by atoms with Gasteiger partial charge >= 0.3 is 0 Å². The molecular formula is C60H68Si3. The Bertz CT molecular complexity index is 2180. The van der Waals surface area contributed by atoms with Crippen LogP contribution in [0.4, 0.5) is 0 Å². The first-order chi connectivity index (χ1) is 30.7. The second-order valence-electron chi connectivity index (χ2n) is 19.1. The first-order valence-electron chi connectivity index (χ1n) is 23.9. The fraction of sp³-hybridized carbons (Fsp3) is 0.267. The van der Waals surface area contributed by atoms with Gasteiger partial charge in [0.2, 0.25) is 0 Å². The van der Waals surface area contributed by atoms with Gasteiger partial charge in [-0.3, -0.25) is 0 Å². The number of rotatable bonds is 16. The van der Waals surface area contributed by atoms with Gasteiger partial charge in [0.1, 0.15) is 0 Å². The predicted molar refractivity (Wildman–Crippen MR) is 283 cm³/mol. The van der Waals surface area contributed by atoms with Crippen LogP contribution in [0, 0.1) is 11.8 Å². The molecule has 6 aromatic carbocycles. The Balaban J connectivity index is 1.47. The van der Waals surface area contributed by atoms with Gasteiger partial charge in [-0.05, 0) is 75.5 Å². The molecule has 0 nitrogen and oxygen atoms in total. The molecule has 320 valence electrons. The van der Waals surface area contributed by atoms with E-state index in [-0.39, 0.29) is 0 Å². The van der Waals surface area contributed by atoms with Gasteiger partial charge in [-0.25, -0.2) is 0 Å². The maximum absolute atomic E-state index is 2.93. The summed E-state index contributed by atoms with van der Waals surface area (Å²) in [5.74, 6) is 0.834. The van der Waals surface area contributed by atoms with Crippen LogP contribution in [0.5, 0.6) is 0 Å². The zero-order chi connectivity index (χ0) is 44.2. The zero-order valence-corrected chi connectivity index (χ0v) is 42.0. The van der Waals surface area contributed by atoms with Crippen molar-refractivity contribution < 1.29 is 0 Å². The number of benzene rings is 6. The lowest BCUT2D eigenvalue weighted by Gasteiger charge is -2.52. The Morgan fingerprint density at radius 2 is 0.571 bits per heavy atom. The molecule has 4 unspecified atom stereocenters. The average molecular weight is 873 g/mol. The molecular weight excluding hydrogens is 805 g/mol. The van der Waals surface area contributed by atoms with Crippen LogP contribution in [0.25, 0.3) is 0 Å². The summed E-state index contributed by atoms with van der Waals surface area (Å²) in [7, 11) is -8.00. The smallest absolute Gasteiger partial charge is 0.0796 e. The van der Waals surface area contributed by atoms with Crippen molar-refractivity contribution in [2.45, 2.75) is 90.4 Å². The highest BCUT2D eigenvalue weighted by molar-refractivity contribution is 7.17. The van der Waals surface area contributed by atoms with Crippen molar-refractivity contribution in [2.75, 3.05) is 0 Å². The Hall–Kier alpha value is -5.07. The minimum atomic E-state index is -2.76. The van der Waals surface area contributed by atoms with Gasteiger partial charge in [0, 0.05) is 0 Å². The van der Waals surface area contributed by atoms with Gasteiger partial charge < -0.3 is 0 Å². The molecule has 0 saturated heterocycles. The molecule has 0 fully saturated rings. The van der Waals surface area contributed by atoms with E-state index in [4.69, 9.17) is 0 Å². The quantitative estimate of drug-likeness (QED) is 0.0671. The molecule has 0 radical (unpaired) electrons. The van der Waals surface area contributed by atoms with Crippen molar-refractivity contribution in [1.29, 1.82) is 0 Å². The highest BCUT2D eigenvalue weighted by Crippen LogP contribution is 2.62. The van der Waals surface area contributed by atoms with E-state index in [9.17, 15) is 0 Å². The van der Waals surface area contributed by atoms with E-state index in [0.717, 1.165) is 0 Å². The lowest BCUT2D eigenvalue weighted by molar-refractivity contribution is 0.662. The Morgan fingerprint density at radius 1 is 0.349 bits per heavy atom. The highest BCUT2D eigenvalue weighted by Gasteiger charge is 2.59. The fourth-order valence-corrected chi connectivity index (χ4v) is 30.5. The maximum Gasteiger partial charge on any atom is 0.179 e. The van der Waals surface area contributed by atoms with Gasteiger partial charge in [-0.1, -0.05) is 286 Å². The lowest BCUT2D eigenvalue weighted by Crippen LogP contribution is -2.68. The van der Waals surface area contributed by atoms with E-state index in [1.807, 2.05) is 0 Å². The summed E-state index contributed by atoms with van der Waals surface area (Å²) < 4.78 is 0. The normalized spacial score (nSPS) is 18.6. The SMILES string of the molecule is CCC(C)[Si](C(C)CC)(C1C=C([Si](c2ccccc2)(c2ccccc2)c2ccccc2)C=C1C(C)C)C1C=C([Si](c2ccccc2)(c2ccccc2)c2ccccc2)C=C1C(C)C. The maximum atomic E-state index is 2.93. The van der Waals surface area contributed by atoms with E-state index in [1.165, 1.54) is 44.0 Å². The van der Waals surface area contributed by atoms with Crippen molar-refractivity contribution >= 4 is 55.3 Å². The standard InChI is InChI=1S/C60H68Si3/c1-9-47(7)61(48(8)10-2,59-43-55(41-57(59)45(3)4)62(49-29-17-11-18-30-49,50-31-19-12-20-32-50)51-33-21-13-22-34-51)60-44-56(42-58(60)46(5)6)63(52-35-23-14-24-36-52,53-37-25-15-26-38-53)54-39-27-16-28-40-54/h11-48,59-60H,9-10H2,1-8H3. The van der Waals surface area contributed by atoms with Gasteiger partial charge in [-0.15, -0.1) is 0 Å². The van der Waals surface area contributed by atoms with E-state index in [0.29, 0.717) is 34.0 Å². The summed E-state index contributed by atoms with van der Waals surface area (Å²) in [6, 6.07) is 69.6. The topological polar surface area (TPSA) is 0 Å². The molecule has 0 bridgehead atoms. The summed E-state index contributed by atoms with van der Waals surface area (Å²) in [4.78, 5) is 0. The third-order valence-electron chi connectivity index (χ3n) is 15.5. The van der Waals surface area contributed by atoms with Crippen molar-refractivity contribution in [3.63, 3.8) is 0 Å². The number of hydrogen-bond acceptors (Lipinski definition) is 0. The van der Waals surface area contributed by atoms with Gasteiger partial charge in [0.05, 0.1) is 8.07 Å². The molecule has 0 aromatic heterocycles. The molecule has 0 amide bonds. The van der Waals surface area contributed by atoms with Crippen LogP contribution in [0.3, 0.4) is 0 Å². The van der Waals surface area contributed by atoms with E-state index in [2.05, 4.69) is 262 Å². The number of allylic oxidation sites excluding steroid dienone is 8. The minimum absolute atomic E-state index is 0.393. The monoisotopic (exact) mass is 872 g/mol. The van der Waals surface area contributed by atoms with E-state index < -0.39 is 24.2 Å². The summed E-state index contributed by atoms with van der Waals surface area (Å²) >= 11 is 0. The summed E-state index contributed by atoms with van der Waals surface area (Å²) in [5, 5.41) is 11.9. The van der Waals surface area contributed by atoms with Crippen molar-refractivity contribution in [1.82, 2.24) is 0 Å². The van der Waals surface area contributed by atoms with Crippen molar-refractivity contribution in [2.24, 2.45) is 11.8 Å². The van der Waals surface area contributed by atoms with Gasteiger partial charge in [0.15, 0.2) is 16.1 Å². The molecule has 4 atom stereocenters. The molecule has 3 heteroatoms. The Labute approximate surface area is 383 Å². The molecule has 0 N–H and O–H groups in total. The molecule has 6 aromatic rings. The van der Waals surface area contributed by atoms with Crippen LogP contribution in [0.1, 0.15) is 68.2 Å². The number of hydrogen-bond donors (Lipinski definition) is 0. The average Bonchev–Trinajstić information content (AvgIpc) is 3.99. The zero-order valence-electron chi connectivity index (χ0n) is 39.0.